The zero-order valence-electron chi connectivity index (χ0n) is 19.6. The van der Waals surface area contributed by atoms with Gasteiger partial charge in [-0.2, -0.15) is 11.3 Å². The van der Waals surface area contributed by atoms with Gasteiger partial charge in [-0.15, -0.1) is 0 Å². The SMILES string of the molecule is CN1CCN(CC2CCC3C(c4ccsc4)NC4C=CC(C(C)(C)C)=CC4C3O2)CC1. The second-order valence-electron chi connectivity index (χ2n) is 11.1. The molecule has 0 radical (unpaired) electrons. The molecule has 3 saturated heterocycles. The number of ether oxygens (including phenoxy) is 1. The van der Waals surface area contributed by atoms with Crippen LogP contribution in [0.15, 0.2) is 40.6 Å². The van der Waals surface area contributed by atoms with Crippen molar-refractivity contribution in [2.75, 3.05) is 39.8 Å². The average Bonchev–Trinajstić information content (AvgIpc) is 3.28. The van der Waals surface area contributed by atoms with Gasteiger partial charge in [0.15, 0.2) is 0 Å². The molecule has 5 rings (SSSR count). The number of allylic oxidation sites excluding steroid dienone is 2. The van der Waals surface area contributed by atoms with Crippen molar-refractivity contribution < 1.29 is 4.74 Å². The van der Waals surface area contributed by atoms with E-state index in [4.69, 9.17) is 4.74 Å². The van der Waals surface area contributed by atoms with Crippen molar-refractivity contribution in [3.63, 3.8) is 0 Å². The van der Waals surface area contributed by atoms with E-state index in [0.29, 0.717) is 36.1 Å². The van der Waals surface area contributed by atoms with Crippen molar-refractivity contribution in [1.82, 2.24) is 15.1 Å². The first-order valence-electron chi connectivity index (χ1n) is 12.1. The van der Waals surface area contributed by atoms with Crippen LogP contribution in [0.5, 0.6) is 0 Å². The van der Waals surface area contributed by atoms with E-state index in [-0.39, 0.29) is 5.41 Å². The largest absolute Gasteiger partial charge is 0.373 e. The first-order valence-corrected chi connectivity index (χ1v) is 13.1. The number of likely N-dealkylation sites (N-methyl/N-ethyl adjacent to an activating group) is 1. The van der Waals surface area contributed by atoms with Gasteiger partial charge in [0.25, 0.3) is 0 Å². The van der Waals surface area contributed by atoms with Gasteiger partial charge in [0.1, 0.15) is 0 Å². The van der Waals surface area contributed by atoms with E-state index in [2.05, 4.69) is 78.0 Å². The van der Waals surface area contributed by atoms with E-state index >= 15 is 0 Å². The van der Waals surface area contributed by atoms with Gasteiger partial charge < -0.3 is 15.0 Å². The first-order chi connectivity index (χ1) is 14.9. The van der Waals surface area contributed by atoms with Gasteiger partial charge in [0.2, 0.25) is 0 Å². The Hall–Kier alpha value is -0.980. The first kappa shape index (κ1) is 21.8. The van der Waals surface area contributed by atoms with E-state index in [9.17, 15) is 0 Å². The molecule has 1 aliphatic carbocycles. The van der Waals surface area contributed by atoms with E-state index in [0.717, 1.165) is 6.54 Å². The highest BCUT2D eigenvalue weighted by Gasteiger charge is 2.48. The maximum atomic E-state index is 7.01. The number of piperazine rings is 1. The van der Waals surface area contributed by atoms with Crippen LogP contribution in [0, 0.1) is 17.3 Å². The molecule has 0 bridgehead atoms. The Balaban J connectivity index is 1.37. The summed E-state index contributed by atoms with van der Waals surface area (Å²) in [5, 5.41) is 8.55. The number of thiophene rings is 1. The summed E-state index contributed by atoms with van der Waals surface area (Å²) in [6.07, 6.45) is 10.4. The monoisotopic (exact) mass is 441 g/mol. The van der Waals surface area contributed by atoms with Crippen LogP contribution in [0.25, 0.3) is 0 Å². The summed E-state index contributed by atoms with van der Waals surface area (Å²) < 4.78 is 7.01. The van der Waals surface area contributed by atoms with Crippen molar-refractivity contribution in [3.05, 3.63) is 46.2 Å². The molecule has 0 spiro atoms. The Kier molecular flexibility index (Phi) is 6.17. The Morgan fingerprint density at radius 1 is 1.16 bits per heavy atom. The van der Waals surface area contributed by atoms with E-state index in [1.54, 1.807) is 0 Å². The minimum Gasteiger partial charge on any atom is -0.373 e. The van der Waals surface area contributed by atoms with E-state index < -0.39 is 0 Å². The number of hydrogen-bond acceptors (Lipinski definition) is 5. The third kappa shape index (κ3) is 4.58. The minimum atomic E-state index is 0.176. The number of piperidine rings is 1. The lowest BCUT2D eigenvalue weighted by Gasteiger charge is -2.52. The summed E-state index contributed by atoms with van der Waals surface area (Å²) in [7, 11) is 2.23. The highest BCUT2D eigenvalue weighted by molar-refractivity contribution is 7.08. The number of nitrogens with zero attached hydrogens (tertiary/aromatic N) is 2. The van der Waals surface area contributed by atoms with Gasteiger partial charge in [-0.3, -0.25) is 4.90 Å². The molecule has 4 heterocycles. The Morgan fingerprint density at radius 3 is 2.68 bits per heavy atom. The van der Waals surface area contributed by atoms with Gasteiger partial charge in [0, 0.05) is 56.6 Å². The number of fused-ring (bicyclic) bond motifs is 3. The fraction of sp³-hybridized carbons (Fsp3) is 0.692. The quantitative estimate of drug-likeness (QED) is 0.756. The lowest BCUT2D eigenvalue weighted by Crippen LogP contribution is -2.59. The molecule has 6 unspecified atom stereocenters. The van der Waals surface area contributed by atoms with Crippen LogP contribution >= 0.6 is 11.3 Å². The van der Waals surface area contributed by atoms with Crippen LogP contribution < -0.4 is 5.32 Å². The molecule has 4 nitrogen and oxygen atoms in total. The van der Waals surface area contributed by atoms with Gasteiger partial charge in [-0.05, 0) is 53.3 Å². The van der Waals surface area contributed by atoms with Gasteiger partial charge in [-0.25, -0.2) is 0 Å². The molecule has 170 valence electrons. The zero-order chi connectivity index (χ0) is 21.6. The lowest BCUT2D eigenvalue weighted by atomic mass is 9.68. The standard InChI is InChI=1S/C26H39N3OS/c1-26(2,3)19-5-8-23-22(15-19)25-21(24(27-23)18-9-14-31-17-18)7-6-20(30-25)16-29-12-10-28(4)11-13-29/h5,8-9,14-15,17,20-25,27H,6-7,10-13,16H2,1-4H3. The second-order valence-corrected chi connectivity index (χ2v) is 11.9. The molecule has 6 atom stereocenters. The van der Waals surface area contributed by atoms with Gasteiger partial charge >= 0.3 is 0 Å². The number of hydrogen-bond donors (Lipinski definition) is 1. The van der Waals surface area contributed by atoms with Crippen LogP contribution in [0.1, 0.15) is 45.2 Å². The summed E-state index contributed by atoms with van der Waals surface area (Å²) in [5.41, 5.74) is 3.07. The molecule has 1 aromatic rings. The third-order valence-electron chi connectivity index (χ3n) is 7.87. The van der Waals surface area contributed by atoms with Crippen LogP contribution in [-0.2, 0) is 4.74 Å². The normalized spacial score (nSPS) is 37.2. The molecule has 0 amide bonds. The van der Waals surface area contributed by atoms with E-state index in [1.165, 1.54) is 50.2 Å². The molecule has 1 aromatic heterocycles. The molecule has 4 aliphatic rings. The summed E-state index contributed by atoms with van der Waals surface area (Å²) in [6.45, 7) is 12.8. The highest BCUT2D eigenvalue weighted by atomic mass is 32.1. The van der Waals surface area contributed by atoms with Gasteiger partial charge in [-0.1, -0.05) is 39.0 Å². The molecular weight excluding hydrogens is 402 g/mol. The predicted octanol–water partition coefficient (Wildman–Crippen LogP) is 4.33. The van der Waals surface area contributed by atoms with Crippen molar-refractivity contribution >= 4 is 11.3 Å². The molecule has 3 fully saturated rings. The van der Waals surface area contributed by atoms with E-state index in [1.807, 2.05) is 11.3 Å². The summed E-state index contributed by atoms with van der Waals surface area (Å²) in [4.78, 5) is 5.06. The zero-order valence-corrected chi connectivity index (χ0v) is 20.4. The van der Waals surface area contributed by atoms with Crippen LogP contribution in [0.2, 0.25) is 0 Å². The topological polar surface area (TPSA) is 27.7 Å². The molecular formula is C26H39N3OS. The summed E-state index contributed by atoms with van der Waals surface area (Å²) >= 11 is 1.81. The fourth-order valence-corrected chi connectivity index (χ4v) is 6.61. The summed E-state index contributed by atoms with van der Waals surface area (Å²) in [6, 6.07) is 3.06. The number of rotatable bonds is 3. The Labute approximate surface area is 192 Å². The second kappa shape index (κ2) is 8.75. The molecule has 31 heavy (non-hydrogen) atoms. The molecule has 0 saturated carbocycles. The van der Waals surface area contributed by atoms with Crippen molar-refractivity contribution in [2.24, 2.45) is 17.3 Å². The van der Waals surface area contributed by atoms with Crippen LogP contribution in [-0.4, -0.2) is 67.8 Å². The van der Waals surface area contributed by atoms with Crippen LogP contribution in [0.4, 0.5) is 0 Å². The maximum Gasteiger partial charge on any atom is 0.0706 e. The Bertz CT molecular complexity index is 803. The smallest absolute Gasteiger partial charge is 0.0706 e. The summed E-state index contributed by atoms with van der Waals surface area (Å²) in [5.74, 6) is 0.970. The molecule has 1 N–H and O–H groups in total. The molecule has 5 heteroatoms. The van der Waals surface area contributed by atoms with Crippen LogP contribution in [0.3, 0.4) is 0 Å². The van der Waals surface area contributed by atoms with Crippen molar-refractivity contribution in [3.8, 4) is 0 Å². The molecule has 0 aromatic carbocycles. The lowest BCUT2D eigenvalue weighted by molar-refractivity contribution is -0.137. The van der Waals surface area contributed by atoms with Crippen molar-refractivity contribution in [1.29, 1.82) is 0 Å². The third-order valence-corrected chi connectivity index (χ3v) is 8.57. The Morgan fingerprint density at radius 2 is 1.97 bits per heavy atom. The number of nitrogens with one attached hydrogen (secondary N) is 1. The predicted molar refractivity (Wildman–Crippen MR) is 129 cm³/mol. The van der Waals surface area contributed by atoms with Crippen molar-refractivity contribution in [2.45, 2.75) is 57.9 Å². The maximum absolute atomic E-state index is 7.01. The average molecular weight is 442 g/mol. The molecule has 3 aliphatic heterocycles. The fourth-order valence-electron chi connectivity index (χ4n) is 5.91. The minimum absolute atomic E-state index is 0.176. The van der Waals surface area contributed by atoms with Gasteiger partial charge in [0.05, 0.1) is 12.2 Å². The highest BCUT2D eigenvalue weighted by Crippen LogP contribution is 2.46.